The third-order valence-corrected chi connectivity index (χ3v) is 1.99. The van der Waals surface area contributed by atoms with Crippen LogP contribution in [0.3, 0.4) is 0 Å². The molecule has 10 nitrogen and oxygen atoms in total. The topological polar surface area (TPSA) is 178 Å². The van der Waals surface area contributed by atoms with Crippen LogP contribution in [-0.4, -0.2) is 55.0 Å². The summed E-state index contributed by atoms with van der Waals surface area (Å²) in [6.07, 6.45) is -0.737. The van der Waals surface area contributed by atoms with E-state index in [0.717, 1.165) is 5.75 Å². The fraction of sp³-hybridized carbons (Fsp3) is 0.364. The highest BCUT2D eigenvalue weighted by Crippen LogP contribution is 2.16. The number of nitrogens with zero attached hydrogens (tertiary/aromatic N) is 1. The van der Waals surface area contributed by atoms with Gasteiger partial charge in [0.05, 0.1) is 13.7 Å². The summed E-state index contributed by atoms with van der Waals surface area (Å²) in [5.41, 5.74) is 10.3. The van der Waals surface area contributed by atoms with Crippen molar-refractivity contribution in [2.75, 3.05) is 20.3 Å². The van der Waals surface area contributed by atoms with E-state index in [9.17, 15) is 5.11 Å². The monoisotopic (exact) mass is 337 g/mol. The lowest BCUT2D eigenvalue weighted by molar-refractivity contribution is 0.114. The lowest BCUT2D eigenvalue weighted by Crippen LogP contribution is -2.27. The van der Waals surface area contributed by atoms with Gasteiger partial charge in [-0.3, -0.25) is 14.1 Å². The van der Waals surface area contributed by atoms with Gasteiger partial charge in [0.25, 0.3) is 0 Å². The number of rotatable bonds is 6. The van der Waals surface area contributed by atoms with Crippen molar-refractivity contribution in [1.29, 1.82) is 0 Å². The van der Waals surface area contributed by atoms with Crippen molar-refractivity contribution >= 4 is 16.4 Å². The molecule has 0 aliphatic rings. The van der Waals surface area contributed by atoms with Gasteiger partial charge in [-0.15, -0.1) is 0 Å². The predicted octanol–water partition coefficient (Wildman–Crippen LogP) is -0.944. The van der Waals surface area contributed by atoms with Gasteiger partial charge in [0.15, 0.2) is 5.96 Å². The van der Waals surface area contributed by atoms with Crippen LogP contribution in [0.5, 0.6) is 11.5 Å². The van der Waals surface area contributed by atoms with E-state index in [1.165, 1.54) is 0 Å². The fourth-order valence-electron chi connectivity index (χ4n) is 1.13. The molecule has 0 aromatic heterocycles. The fourth-order valence-corrected chi connectivity index (χ4v) is 1.13. The number of aliphatic hydroxyl groups excluding tert-OH is 1. The molecule has 1 unspecified atom stereocenters. The van der Waals surface area contributed by atoms with Crippen LogP contribution in [0, 0.1) is 0 Å². The normalized spacial score (nSPS) is 11.6. The number of hydrogen-bond acceptors (Lipinski definition) is 6. The van der Waals surface area contributed by atoms with Crippen molar-refractivity contribution in [3.8, 4) is 11.5 Å². The van der Waals surface area contributed by atoms with Crippen LogP contribution in [0.25, 0.3) is 0 Å². The van der Waals surface area contributed by atoms with Crippen molar-refractivity contribution in [1.82, 2.24) is 0 Å². The van der Waals surface area contributed by atoms with Crippen LogP contribution >= 0.6 is 0 Å². The molecular formula is C11H19N3O7S. The second kappa shape index (κ2) is 9.78. The van der Waals surface area contributed by atoms with Crippen LogP contribution in [0.1, 0.15) is 0 Å². The minimum atomic E-state index is -4.67. The zero-order valence-corrected chi connectivity index (χ0v) is 12.6. The summed E-state index contributed by atoms with van der Waals surface area (Å²) in [7, 11) is -3.07. The molecule has 1 rings (SSSR count). The standard InChI is InChI=1S/C11H17N3O3.H2O4S/c1-16-9-2-4-10(5-3-9)17-7-8(15)6-14-11(12)13;1-5(2,3)4/h2-5,8,15H,6-7H2,1H3,(H4,12,13,14);(H2,1,2,3,4). The Kier molecular flexibility index (Phi) is 8.86. The Morgan fingerprint density at radius 1 is 1.23 bits per heavy atom. The number of aliphatic imine (C=N–C) groups is 1. The van der Waals surface area contributed by atoms with Gasteiger partial charge in [0.1, 0.15) is 24.2 Å². The maximum absolute atomic E-state index is 9.49. The number of benzene rings is 1. The molecule has 0 saturated carbocycles. The third kappa shape index (κ3) is 12.9. The zero-order valence-electron chi connectivity index (χ0n) is 11.8. The van der Waals surface area contributed by atoms with Gasteiger partial charge in [0, 0.05) is 0 Å². The Morgan fingerprint density at radius 3 is 2.09 bits per heavy atom. The lowest BCUT2D eigenvalue weighted by Gasteiger charge is -2.10. The summed E-state index contributed by atoms with van der Waals surface area (Å²) >= 11 is 0. The number of aliphatic hydroxyl groups is 1. The first-order valence-electron chi connectivity index (χ1n) is 5.82. The van der Waals surface area contributed by atoms with E-state index in [4.69, 9.17) is 38.5 Å². The first-order chi connectivity index (χ1) is 10.1. The Balaban J connectivity index is 0.000000763. The summed E-state index contributed by atoms with van der Waals surface area (Å²) in [5, 5.41) is 9.49. The van der Waals surface area contributed by atoms with Gasteiger partial charge in [-0.2, -0.15) is 8.42 Å². The Hall–Kier alpha value is -2.08. The first kappa shape index (κ1) is 19.9. The maximum atomic E-state index is 9.49. The third-order valence-electron chi connectivity index (χ3n) is 1.99. The SMILES string of the molecule is COc1ccc(OCC(O)CN=C(N)N)cc1.O=S(=O)(O)O. The van der Waals surface area contributed by atoms with Crippen molar-refractivity contribution in [3.05, 3.63) is 24.3 Å². The number of ether oxygens (including phenoxy) is 2. The molecule has 0 aliphatic heterocycles. The number of methoxy groups -OCH3 is 1. The van der Waals surface area contributed by atoms with Crippen molar-refractivity contribution in [2.45, 2.75) is 6.10 Å². The largest absolute Gasteiger partial charge is 0.497 e. The predicted molar refractivity (Wildman–Crippen MR) is 79.4 cm³/mol. The van der Waals surface area contributed by atoms with Crippen molar-refractivity contribution in [2.24, 2.45) is 16.5 Å². The highest BCUT2D eigenvalue weighted by molar-refractivity contribution is 7.79. The van der Waals surface area contributed by atoms with Gasteiger partial charge >= 0.3 is 10.4 Å². The van der Waals surface area contributed by atoms with Gasteiger partial charge in [0.2, 0.25) is 0 Å². The molecule has 0 amide bonds. The van der Waals surface area contributed by atoms with Crippen LogP contribution < -0.4 is 20.9 Å². The zero-order chi connectivity index (χ0) is 17.2. The Bertz CT molecular complexity index is 548. The molecule has 0 saturated heterocycles. The Morgan fingerprint density at radius 2 is 1.68 bits per heavy atom. The molecule has 0 bridgehead atoms. The molecule has 0 heterocycles. The summed E-state index contributed by atoms with van der Waals surface area (Å²) < 4.78 is 41.9. The summed E-state index contributed by atoms with van der Waals surface area (Å²) in [6.45, 7) is 0.252. The van der Waals surface area contributed by atoms with Crippen LogP contribution in [0.2, 0.25) is 0 Å². The minimum absolute atomic E-state index is 0.0477. The van der Waals surface area contributed by atoms with E-state index in [1.807, 2.05) is 0 Å². The molecule has 1 atom stereocenters. The molecule has 0 fully saturated rings. The highest BCUT2D eigenvalue weighted by Gasteiger charge is 2.04. The molecule has 0 radical (unpaired) electrons. The second-order valence-corrected chi connectivity index (χ2v) is 4.75. The number of hydrogen-bond donors (Lipinski definition) is 5. The minimum Gasteiger partial charge on any atom is -0.497 e. The smallest absolute Gasteiger partial charge is 0.394 e. The molecule has 1 aromatic carbocycles. The molecule has 0 spiro atoms. The van der Waals surface area contributed by atoms with Crippen molar-refractivity contribution in [3.63, 3.8) is 0 Å². The maximum Gasteiger partial charge on any atom is 0.394 e. The Labute approximate surface area is 127 Å². The molecule has 7 N–H and O–H groups in total. The highest BCUT2D eigenvalue weighted by atomic mass is 32.3. The van der Waals surface area contributed by atoms with E-state index in [2.05, 4.69) is 4.99 Å². The summed E-state index contributed by atoms with van der Waals surface area (Å²) in [4.78, 5) is 3.69. The molecule has 0 aliphatic carbocycles. The number of guanidine groups is 1. The summed E-state index contributed by atoms with van der Waals surface area (Å²) in [6, 6.07) is 7.06. The van der Waals surface area contributed by atoms with E-state index in [0.29, 0.717) is 5.75 Å². The van der Waals surface area contributed by atoms with E-state index < -0.39 is 16.5 Å². The van der Waals surface area contributed by atoms with Crippen LogP contribution in [0.4, 0.5) is 0 Å². The summed E-state index contributed by atoms with van der Waals surface area (Å²) in [5.74, 6) is 1.35. The van der Waals surface area contributed by atoms with E-state index in [-0.39, 0.29) is 19.1 Å². The molecule has 22 heavy (non-hydrogen) atoms. The lowest BCUT2D eigenvalue weighted by atomic mass is 10.3. The van der Waals surface area contributed by atoms with E-state index in [1.54, 1.807) is 31.4 Å². The van der Waals surface area contributed by atoms with Gasteiger partial charge in [-0.1, -0.05) is 0 Å². The van der Waals surface area contributed by atoms with Gasteiger partial charge < -0.3 is 26.0 Å². The average molecular weight is 337 g/mol. The first-order valence-corrected chi connectivity index (χ1v) is 7.21. The van der Waals surface area contributed by atoms with Crippen molar-refractivity contribution < 1.29 is 32.1 Å². The van der Waals surface area contributed by atoms with Crippen LogP contribution in [0.15, 0.2) is 29.3 Å². The molecule has 1 aromatic rings. The van der Waals surface area contributed by atoms with E-state index >= 15 is 0 Å². The number of nitrogens with two attached hydrogens (primary N) is 2. The average Bonchev–Trinajstić information content (AvgIpc) is 2.41. The van der Waals surface area contributed by atoms with Crippen LogP contribution in [-0.2, 0) is 10.4 Å². The van der Waals surface area contributed by atoms with Gasteiger partial charge in [-0.25, -0.2) is 0 Å². The van der Waals surface area contributed by atoms with Gasteiger partial charge in [-0.05, 0) is 24.3 Å². The quantitative estimate of drug-likeness (QED) is 0.249. The second-order valence-electron chi connectivity index (χ2n) is 3.85. The molecular weight excluding hydrogens is 318 g/mol. The molecule has 11 heteroatoms. The molecule has 126 valence electrons.